The van der Waals surface area contributed by atoms with Crippen LogP contribution in [0.2, 0.25) is 0 Å². The fourth-order valence-electron chi connectivity index (χ4n) is 3.75. The summed E-state index contributed by atoms with van der Waals surface area (Å²) >= 11 is 0. The molecule has 4 heterocycles. The maximum absolute atomic E-state index is 12.4. The van der Waals surface area contributed by atoms with E-state index in [1.807, 2.05) is 16.5 Å². The van der Waals surface area contributed by atoms with Crippen LogP contribution >= 0.6 is 0 Å². The number of fused-ring (bicyclic) bond motifs is 1. The van der Waals surface area contributed by atoms with E-state index in [0.717, 1.165) is 55.4 Å². The predicted molar refractivity (Wildman–Crippen MR) is 87.5 cm³/mol. The fourth-order valence-corrected chi connectivity index (χ4v) is 3.75. The minimum atomic E-state index is -0.0330. The number of hydrogen-bond donors (Lipinski definition) is 1. The second-order valence-corrected chi connectivity index (χ2v) is 6.71. The monoisotopic (exact) mass is 329 g/mol. The summed E-state index contributed by atoms with van der Waals surface area (Å²) in [6, 6.07) is 2.31. The van der Waals surface area contributed by atoms with Crippen molar-refractivity contribution in [1.29, 1.82) is 0 Å². The predicted octanol–water partition coefficient (Wildman–Crippen LogP) is 1.19. The smallest absolute Gasteiger partial charge is 0.317 e. The molecule has 0 aliphatic carbocycles. The van der Waals surface area contributed by atoms with Gasteiger partial charge in [0.2, 0.25) is 0 Å². The van der Waals surface area contributed by atoms with Crippen LogP contribution in [-0.2, 0) is 19.5 Å². The van der Waals surface area contributed by atoms with Gasteiger partial charge in [0.1, 0.15) is 5.82 Å². The minimum absolute atomic E-state index is 0.0330. The Balaban J connectivity index is 1.35. The number of nitrogens with one attached hydrogen (secondary N) is 1. The van der Waals surface area contributed by atoms with Crippen molar-refractivity contribution in [3.05, 3.63) is 29.1 Å². The molecule has 8 nitrogen and oxygen atoms in total. The Labute approximate surface area is 140 Å². The van der Waals surface area contributed by atoms with Gasteiger partial charge in [-0.3, -0.25) is 4.68 Å². The SMILES string of the molecule is Cc1cc(C)n([C@@H]2CCN(C(=O)NCc3nnc4n3CCC4)C2)n1. The lowest BCUT2D eigenvalue weighted by Gasteiger charge is -2.18. The zero-order valence-corrected chi connectivity index (χ0v) is 14.2. The molecule has 0 aromatic carbocycles. The molecule has 2 aromatic rings. The summed E-state index contributed by atoms with van der Waals surface area (Å²) in [5.74, 6) is 1.88. The third-order valence-corrected chi connectivity index (χ3v) is 4.92. The van der Waals surface area contributed by atoms with Crippen molar-refractivity contribution in [1.82, 2.24) is 34.8 Å². The molecule has 1 atom stereocenters. The molecule has 0 bridgehead atoms. The standard InChI is InChI=1S/C16H23N7O/c1-11-8-12(2)23(20-11)13-5-7-21(10-13)16(24)17-9-15-19-18-14-4-3-6-22(14)15/h8,13H,3-7,9-10H2,1-2H3,(H,17,24)/t13-/m1/s1. The first-order valence-electron chi connectivity index (χ1n) is 8.58. The third kappa shape index (κ3) is 2.65. The molecule has 0 saturated carbocycles. The van der Waals surface area contributed by atoms with Gasteiger partial charge < -0.3 is 14.8 Å². The van der Waals surface area contributed by atoms with Crippen molar-refractivity contribution in [3.63, 3.8) is 0 Å². The van der Waals surface area contributed by atoms with Crippen LogP contribution < -0.4 is 5.32 Å². The second kappa shape index (κ2) is 5.92. The Morgan fingerprint density at radius 3 is 3.00 bits per heavy atom. The largest absolute Gasteiger partial charge is 0.331 e. The fraction of sp³-hybridized carbons (Fsp3) is 0.625. The quantitative estimate of drug-likeness (QED) is 0.917. The first-order chi connectivity index (χ1) is 11.6. The van der Waals surface area contributed by atoms with Crippen molar-refractivity contribution in [2.45, 2.75) is 52.2 Å². The van der Waals surface area contributed by atoms with Crippen molar-refractivity contribution in [2.75, 3.05) is 13.1 Å². The minimum Gasteiger partial charge on any atom is -0.331 e. The topological polar surface area (TPSA) is 80.9 Å². The van der Waals surface area contributed by atoms with Gasteiger partial charge >= 0.3 is 6.03 Å². The van der Waals surface area contributed by atoms with Crippen LogP contribution in [0.5, 0.6) is 0 Å². The molecule has 1 fully saturated rings. The number of hydrogen-bond acceptors (Lipinski definition) is 4. The van der Waals surface area contributed by atoms with E-state index in [2.05, 4.69) is 38.2 Å². The molecule has 8 heteroatoms. The zero-order valence-electron chi connectivity index (χ0n) is 14.2. The Bertz CT molecular complexity index is 763. The molecule has 2 aromatic heterocycles. The number of aromatic nitrogens is 5. The molecule has 0 spiro atoms. The van der Waals surface area contributed by atoms with Crippen LogP contribution in [-0.4, -0.2) is 48.6 Å². The summed E-state index contributed by atoms with van der Waals surface area (Å²) in [5, 5.41) is 15.9. The molecular weight excluding hydrogens is 306 g/mol. The molecule has 1 N–H and O–H groups in total. The lowest BCUT2D eigenvalue weighted by atomic mass is 10.2. The average molecular weight is 329 g/mol. The summed E-state index contributed by atoms with van der Waals surface area (Å²) in [5.41, 5.74) is 2.18. The molecule has 128 valence electrons. The van der Waals surface area contributed by atoms with Crippen molar-refractivity contribution in [2.24, 2.45) is 0 Å². The Kier molecular flexibility index (Phi) is 3.74. The summed E-state index contributed by atoms with van der Waals surface area (Å²) in [6.45, 7) is 6.91. The van der Waals surface area contributed by atoms with Gasteiger partial charge in [0, 0.05) is 31.7 Å². The van der Waals surface area contributed by atoms with E-state index >= 15 is 0 Å². The second-order valence-electron chi connectivity index (χ2n) is 6.71. The Morgan fingerprint density at radius 1 is 1.33 bits per heavy atom. The number of carbonyl (C=O) groups is 1. The Hall–Kier alpha value is -2.38. The van der Waals surface area contributed by atoms with Crippen molar-refractivity contribution < 1.29 is 4.79 Å². The number of aryl methyl sites for hydroxylation is 3. The summed E-state index contributed by atoms with van der Waals surface area (Å²) < 4.78 is 4.16. The van der Waals surface area contributed by atoms with Crippen LogP contribution in [0.3, 0.4) is 0 Å². The van der Waals surface area contributed by atoms with E-state index in [1.54, 1.807) is 0 Å². The van der Waals surface area contributed by atoms with Gasteiger partial charge in [-0.05, 0) is 32.8 Å². The van der Waals surface area contributed by atoms with E-state index in [1.165, 1.54) is 0 Å². The van der Waals surface area contributed by atoms with E-state index in [0.29, 0.717) is 13.1 Å². The van der Waals surface area contributed by atoms with Gasteiger partial charge in [-0.2, -0.15) is 5.10 Å². The molecular formula is C16H23N7O. The molecule has 0 unspecified atom stereocenters. The van der Waals surface area contributed by atoms with Crippen LogP contribution in [0.25, 0.3) is 0 Å². The average Bonchev–Trinajstić information content (AvgIpc) is 3.28. The van der Waals surface area contributed by atoms with Crippen LogP contribution in [0.15, 0.2) is 6.07 Å². The van der Waals surface area contributed by atoms with Gasteiger partial charge in [0.25, 0.3) is 0 Å². The van der Waals surface area contributed by atoms with E-state index < -0.39 is 0 Å². The molecule has 4 rings (SSSR count). The number of rotatable bonds is 3. The van der Waals surface area contributed by atoms with Gasteiger partial charge in [-0.15, -0.1) is 10.2 Å². The van der Waals surface area contributed by atoms with Gasteiger partial charge in [-0.1, -0.05) is 0 Å². The molecule has 2 amide bonds. The lowest BCUT2D eigenvalue weighted by Crippen LogP contribution is -2.38. The van der Waals surface area contributed by atoms with Crippen LogP contribution in [0, 0.1) is 13.8 Å². The number of amides is 2. The number of urea groups is 1. The third-order valence-electron chi connectivity index (χ3n) is 4.92. The maximum atomic E-state index is 12.4. The van der Waals surface area contributed by atoms with E-state index in [-0.39, 0.29) is 12.1 Å². The molecule has 0 radical (unpaired) electrons. The normalized spacial score (nSPS) is 19.8. The molecule has 2 aliphatic heterocycles. The molecule has 2 aliphatic rings. The van der Waals surface area contributed by atoms with Gasteiger partial charge in [0.05, 0.1) is 18.3 Å². The summed E-state index contributed by atoms with van der Waals surface area (Å²) in [7, 11) is 0. The highest BCUT2D eigenvalue weighted by Gasteiger charge is 2.29. The highest BCUT2D eigenvalue weighted by molar-refractivity contribution is 5.74. The highest BCUT2D eigenvalue weighted by atomic mass is 16.2. The lowest BCUT2D eigenvalue weighted by molar-refractivity contribution is 0.206. The summed E-state index contributed by atoms with van der Waals surface area (Å²) in [4.78, 5) is 14.3. The maximum Gasteiger partial charge on any atom is 0.317 e. The van der Waals surface area contributed by atoms with Gasteiger partial charge in [0.15, 0.2) is 5.82 Å². The molecule has 24 heavy (non-hydrogen) atoms. The van der Waals surface area contributed by atoms with E-state index in [9.17, 15) is 4.79 Å². The van der Waals surface area contributed by atoms with Crippen molar-refractivity contribution in [3.8, 4) is 0 Å². The molecule has 1 saturated heterocycles. The van der Waals surface area contributed by atoms with Crippen LogP contribution in [0.1, 0.15) is 41.9 Å². The summed E-state index contributed by atoms with van der Waals surface area (Å²) in [6.07, 6.45) is 3.04. The number of likely N-dealkylation sites (tertiary alicyclic amines) is 1. The number of nitrogens with zero attached hydrogens (tertiary/aromatic N) is 6. The first-order valence-corrected chi connectivity index (χ1v) is 8.58. The zero-order chi connectivity index (χ0) is 16.7. The van der Waals surface area contributed by atoms with E-state index in [4.69, 9.17) is 0 Å². The van der Waals surface area contributed by atoms with Crippen LogP contribution in [0.4, 0.5) is 4.79 Å². The highest BCUT2D eigenvalue weighted by Crippen LogP contribution is 2.23. The first kappa shape index (κ1) is 15.2. The van der Waals surface area contributed by atoms with Gasteiger partial charge in [-0.25, -0.2) is 4.79 Å². The Morgan fingerprint density at radius 2 is 2.21 bits per heavy atom. The van der Waals surface area contributed by atoms with Crippen molar-refractivity contribution >= 4 is 6.03 Å². The number of carbonyl (C=O) groups excluding carboxylic acids is 1.